The molecule has 5 nitrogen and oxygen atoms in total. The lowest BCUT2D eigenvalue weighted by atomic mass is 10.2. The van der Waals surface area contributed by atoms with E-state index in [2.05, 4.69) is 29.6 Å². The van der Waals surface area contributed by atoms with Gasteiger partial charge in [0.2, 0.25) is 15.9 Å². The van der Waals surface area contributed by atoms with Gasteiger partial charge in [-0.1, -0.05) is 36.8 Å². The fourth-order valence-corrected chi connectivity index (χ4v) is 4.92. The van der Waals surface area contributed by atoms with Crippen LogP contribution in [0.3, 0.4) is 0 Å². The molecule has 2 rings (SSSR count). The Morgan fingerprint density at radius 3 is 2.31 bits per heavy atom. The summed E-state index contributed by atoms with van der Waals surface area (Å²) >= 11 is 1.70. The van der Waals surface area contributed by atoms with Crippen LogP contribution in [0, 0.1) is 12.7 Å². The highest BCUT2D eigenvalue weighted by atomic mass is 32.2. The van der Waals surface area contributed by atoms with Gasteiger partial charge in [0.1, 0.15) is 11.9 Å². The Kier molecular flexibility index (Phi) is 8.52. The molecule has 0 heterocycles. The Labute approximate surface area is 176 Å². The van der Waals surface area contributed by atoms with E-state index in [0.29, 0.717) is 18.7 Å². The van der Waals surface area contributed by atoms with Gasteiger partial charge in [-0.05, 0) is 43.2 Å². The molecule has 0 bridgehead atoms. The Bertz CT molecular complexity index is 901. The number of nitrogens with zero attached hydrogens (tertiary/aromatic N) is 1. The monoisotopic (exact) mass is 438 g/mol. The Hall–Kier alpha value is -2.06. The van der Waals surface area contributed by atoms with Crippen molar-refractivity contribution in [2.75, 3.05) is 22.9 Å². The number of nitrogens with one attached hydrogen (secondary N) is 1. The number of sulfonamides is 1. The van der Waals surface area contributed by atoms with Gasteiger partial charge < -0.3 is 5.32 Å². The van der Waals surface area contributed by atoms with E-state index in [9.17, 15) is 17.6 Å². The highest BCUT2D eigenvalue weighted by Gasteiger charge is 2.31. The number of amides is 1. The summed E-state index contributed by atoms with van der Waals surface area (Å²) in [6, 6.07) is 12.5. The molecule has 2 aromatic carbocycles. The minimum absolute atomic E-state index is 0.268. The first kappa shape index (κ1) is 23.2. The third kappa shape index (κ3) is 7.04. The molecule has 1 amide bonds. The SMILES string of the molecule is CC[C@H](C(=O)NCCSCc1ccc(C)cc1)N(c1ccc(F)cc1)S(C)(=O)=O. The summed E-state index contributed by atoms with van der Waals surface area (Å²) in [5, 5.41) is 2.82. The lowest BCUT2D eigenvalue weighted by molar-refractivity contribution is -0.122. The number of halogens is 1. The normalized spacial score (nSPS) is 12.4. The van der Waals surface area contributed by atoms with Gasteiger partial charge in [0.25, 0.3) is 0 Å². The van der Waals surface area contributed by atoms with Crippen LogP contribution in [-0.4, -0.2) is 38.9 Å². The summed E-state index contributed by atoms with van der Waals surface area (Å²) in [5.74, 6) is 0.729. The quantitative estimate of drug-likeness (QED) is 0.574. The number of anilines is 1. The summed E-state index contributed by atoms with van der Waals surface area (Å²) in [6.07, 6.45) is 1.34. The molecule has 0 saturated heterocycles. The molecule has 0 aliphatic heterocycles. The van der Waals surface area contributed by atoms with Gasteiger partial charge in [-0.15, -0.1) is 0 Å². The van der Waals surface area contributed by atoms with Crippen molar-refractivity contribution in [3.05, 3.63) is 65.5 Å². The average Bonchev–Trinajstić information content (AvgIpc) is 2.67. The summed E-state index contributed by atoms with van der Waals surface area (Å²) in [6.45, 7) is 4.23. The average molecular weight is 439 g/mol. The Morgan fingerprint density at radius 2 is 1.76 bits per heavy atom. The second kappa shape index (κ2) is 10.6. The van der Waals surface area contributed by atoms with Gasteiger partial charge in [0.05, 0.1) is 11.9 Å². The summed E-state index contributed by atoms with van der Waals surface area (Å²) < 4.78 is 38.9. The van der Waals surface area contributed by atoms with Crippen LogP contribution in [-0.2, 0) is 20.6 Å². The number of carbonyl (C=O) groups excluding carboxylic acids is 1. The smallest absolute Gasteiger partial charge is 0.243 e. The Morgan fingerprint density at radius 1 is 1.14 bits per heavy atom. The number of aryl methyl sites for hydroxylation is 1. The fraction of sp³-hybridized carbons (Fsp3) is 0.381. The van der Waals surface area contributed by atoms with Crippen LogP contribution in [0.2, 0.25) is 0 Å². The maximum atomic E-state index is 13.2. The minimum atomic E-state index is -3.72. The van der Waals surface area contributed by atoms with Crippen LogP contribution in [0.15, 0.2) is 48.5 Å². The van der Waals surface area contributed by atoms with E-state index in [0.717, 1.165) is 16.3 Å². The predicted octanol–water partition coefficient (Wildman–Crippen LogP) is 3.73. The third-order valence-corrected chi connectivity index (χ3v) is 6.56. The largest absolute Gasteiger partial charge is 0.353 e. The van der Waals surface area contributed by atoms with E-state index >= 15 is 0 Å². The van der Waals surface area contributed by atoms with Crippen LogP contribution in [0.4, 0.5) is 10.1 Å². The standard InChI is InChI=1S/C21H27FN2O3S2/c1-4-20(24(29(3,26)27)19-11-9-18(22)10-12-19)21(25)23-13-14-28-15-17-7-5-16(2)6-8-17/h5-12,20H,4,13-15H2,1-3H3,(H,23,25)/t20-/m1/s1. The van der Waals surface area contributed by atoms with Crippen LogP contribution in [0.1, 0.15) is 24.5 Å². The van der Waals surface area contributed by atoms with Crippen LogP contribution in [0.25, 0.3) is 0 Å². The first-order chi connectivity index (χ1) is 13.7. The van der Waals surface area contributed by atoms with Crippen molar-refractivity contribution in [2.45, 2.75) is 32.1 Å². The first-order valence-electron chi connectivity index (χ1n) is 9.38. The van der Waals surface area contributed by atoms with Crippen LogP contribution in [0.5, 0.6) is 0 Å². The molecule has 0 saturated carbocycles. The van der Waals surface area contributed by atoms with Gasteiger partial charge >= 0.3 is 0 Å². The van der Waals surface area contributed by atoms with Crippen molar-refractivity contribution < 1.29 is 17.6 Å². The topological polar surface area (TPSA) is 66.5 Å². The lowest BCUT2D eigenvalue weighted by Gasteiger charge is -2.30. The molecule has 0 radical (unpaired) electrons. The zero-order chi connectivity index (χ0) is 21.4. The zero-order valence-corrected chi connectivity index (χ0v) is 18.5. The zero-order valence-electron chi connectivity index (χ0n) is 16.9. The molecule has 8 heteroatoms. The van der Waals surface area contributed by atoms with Gasteiger partial charge in [0.15, 0.2) is 0 Å². The number of rotatable bonds is 10. The van der Waals surface area contributed by atoms with Gasteiger partial charge in [-0.25, -0.2) is 12.8 Å². The van der Waals surface area contributed by atoms with Crippen LogP contribution < -0.4 is 9.62 Å². The summed E-state index contributed by atoms with van der Waals surface area (Å²) in [7, 11) is -3.72. The molecule has 0 spiro atoms. The van der Waals surface area contributed by atoms with Crippen molar-refractivity contribution in [1.29, 1.82) is 0 Å². The molecular formula is C21H27FN2O3S2. The molecule has 29 heavy (non-hydrogen) atoms. The first-order valence-corrected chi connectivity index (χ1v) is 12.4. The highest BCUT2D eigenvalue weighted by Crippen LogP contribution is 2.23. The molecule has 158 valence electrons. The van der Waals surface area contributed by atoms with E-state index < -0.39 is 21.9 Å². The maximum Gasteiger partial charge on any atom is 0.243 e. The second-order valence-electron chi connectivity index (χ2n) is 6.79. The van der Waals surface area contributed by atoms with Crippen molar-refractivity contribution in [1.82, 2.24) is 5.32 Å². The van der Waals surface area contributed by atoms with Gasteiger partial charge in [0, 0.05) is 18.1 Å². The molecule has 1 atom stereocenters. The molecule has 2 aromatic rings. The molecule has 0 aliphatic carbocycles. The van der Waals surface area contributed by atoms with Gasteiger partial charge in [-0.3, -0.25) is 9.10 Å². The molecule has 0 fully saturated rings. The van der Waals surface area contributed by atoms with E-state index in [1.165, 1.54) is 35.4 Å². The number of carbonyl (C=O) groups is 1. The molecule has 0 aromatic heterocycles. The molecular weight excluding hydrogens is 411 g/mol. The third-order valence-electron chi connectivity index (χ3n) is 4.35. The lowest BCUT2D eigenvalue weighted by Crippen LogP contribution is -2.49. The van der Waals surface area contributed by atoms with E-state index in [1.807, 2.05) is 6.92 Å². The second-order valence-corrected chi connectivity index (χ2v) is 9.75. The van der Waals surface area contributed by atoms with E-state index in [4.69, 9.17) is 0 Å². The maximum absolute atomic E-state index is 13.2. The minimum Gasteiger partial charge on any atom is -0.353 e. The molecule has 1 N–H and O–H groups in total. The molecule has 0 unspecified atom stereocenters. The number of thioether (sulfide) groups is 1. The summed E-state index contributed by atoms with van der Waals surface area (Å²) in [4.78, 5) is 12.7. The molecule has 0 aliphatic rings. The van der Waals surface area contributed by atoms with Gasteiger partial charge in [-0.2, -0.15) is 11.8 Å². The fourth-order valence-electron chi connectivity index (χ4n) is 2.89. The van der Waals surface area contributed by atoms with Crippen molar-refractivity contribution >= 4 is 33.4 Å². The Balaban J connectivity index is 1.94. The van der Waals surface area contributed by atoms with Crippen LogP contribution >= 0.6 is 11.8 Å². The van der Waals surface area contributed by atoms with E-state index in [-0.39, 0.29) is 11.6 Å². The van der Waals surface area contributed by atoms with Crippen molar-refractivity contribution in [3.8, 4) is 0 Å². The van der Waals surface area contributed by atoms with Crippen molar-refractivity contribution in [2.24, 2.45) is 0 Å². The van der Waals surface area contributed by atoms with Crippen molar-refractivity contribution in [3.63, 3.8) is 0 Å². The predicted molar refractivity (Wildman–Crippen MR) is 118 cm³/mol. The summed E-state index contributed by atoms with van der Waals surface area (Å²) in [5.41, 5.74) is 2.70. The highest BCUT2D eigenvalue weighted by molar-refractivity contribution is 7.98. The number of hydrogen-bond acceptors (Lipinski definition) is 4. The number of hydrogen-bond donors (Lipinski definition) is 1. The number of benzene rings is 2. The van der Waals surface area contributed by atoms with E-state index in [1.54, 1.807) is 18.7 Å².